The third kappa shape index (κ3) is 4.30. The predicted molar refractivity (Wildman–Crippen MR) is 114 cm³/mol. The first-order valence-corrected chi connectivity index (χ1v) is 10.2. The molecule has 1 unspecified atom stereocenters. The van der Waals surface area contributed by atoms with Gasteiger partial charge in [-0.1, -0.05) is 29.8 Å². The molecule has 0 radical (unpaired) electrons. The third-order valence-corrected chi connectivity index (χ3v) is 6.04. The summed E-state index contributed by atoms with van der Waals surface area (Å²) in [6, 6.07) is 17.5. The van der Waals surface area contributed by atoms with E-state index in [1.807, 2.05) is 36.5 Å². The maximum Gasteiger partial charge on any atom is 0.127 e. The highest BCUT2D eigenvalue weighted by molar-refractivity contribution is 6.30. The number of rotatable bonds is 5. The van der Waals surface area contributed by atoms with Crippen LogP contribution in [0.3, 0.4) is 0 Å². The van der Waals surface area contributed by atoms with Crippen LogP contribution >= 0.6 is 11.6 Å². The molecule has 3 N–H and O–H groups in total. The SMILES string of the molecule is OC(CC1(O)CCC(c2ccnc3ccccc23)CC1)Nc1ccc(Cl)cc1. The van der Waals surface area contributed by atoms with Crippen LogP contribution < -0.4 is 5.32 Å². The van der Waals surface area contributed by atoms with E-state index in [0.717, 1.165) is 24.0 Å². The summed E-state index contributed by atoms with van der Waals surface area (Å²) in [5.74, 6) is 0.412. The summed E-state index contributed by atoms with van der Waals surface area (Å²) in [4.78, 5) is 4.45. The second-order valence-electron chi connectivity index (χ2n) is 7.79. The summed E-state index contributed by atoms with van der Waals surface area (Å²) in [6.07, 6.45) is 4.53. The molecule has 0 saturated heterocycles. The molecule has 0 amide bonds. The molecule has 1 fully saturated rings. The van der Waals surface area contributed by atoms with Crippen LogP contribution in [0.4, 0.5) is 5.69 Å². The summed E-state index contributed by atoms with van der Waals surface area (Å²) in [5, 5.41) is 26.3. The highest BCUT2D eigenvalue weighted by atomic mass is 35.5. The number of benzene rings is 2. The van der Waals surface area contributed by atoms with Crippen molar-refractivity contribution >= 4 is 28.2 Å². The number of aliphatic hydroxyl groups is 2. The molecule has 5 heteroatoms. The zero-order valence-electron chi connectivity index (χ0n) is 15.7. The summed E-state index contributed by atoms with van der Waals surface area (Å²) < 4.78 is 0. The number of aliphatic hydroxyl groups excluding tert-OH is 1. The molecule has 0 spiro atoms. The number of aromatic nitrogens is 1. The van der Waals surface area contributed by atoms with Crippen molar-refractivity contribution in [2.75, 3.05) is 5.32 Å². The van der Waals surface area contributed by atoms with Gasteiger partial charge in [0, 0.05) is 28.7 Å². The molecule has 1 saturated carbocycles. The molecule has 2 aromatic carbocycles. The van der Waals surface area contributed by atoms with Crippen molar-refractivity contribution in [2.45, 2.75) is 49.9 Å². The van der Waals surface area contributed by atoms with Crippen molar-refractivity contribution in [1.29, 1.82) is 0 Å². The molecule has 0 aliphatic heterocycles. The molecule has 28 heavy (non-hydrogen) atoms. The fraction of sp³-hybridized carbons (Fsp3) is 0.348. The molecule has 1 atom stereocenters. The minimum Gasteiger partial charge on any atom is -0.390 e. The Morgan fingerprint density at radius 2 is 1.79 bits per heavy atom. The van der Waals surface area contributed by atoms with Gasteiger partial charge in [0.15, 0.2) is 0 Å². The summed E-state index contributed by atoms with van der Waals surface area (Å²) in [5.41, 5.74) is 2.27. The average molecular weight is 397 g/mol. The normalized spacial score (nSPS) is 23.5. The lowest BCUT2D eigenvalue weighted by atomic mass is 9.74. The molecular weight excluding hydrogens is 372 g/mol. The number of nitrogens with zero attached hydrogens (tertiary/aromatic N) is 1. The van der Waals surface area contributed by atoms with Gasteiger partial charge in [-0.3, -0.25) is 4.98 Å². The van der Waals surface area contributed by atoms with Crippen LogP contribution in [0.15, 0.2) is 60.8 Å². The maximum atomic E-state index is 11.0. The van der Waals surface area contributed by atoms with Crippen molar-refractivity contribution in [1.82, 2.24) is 4.98 Å². The molecule has 4 nitrogen and oxygen atoms in total. The van der Waals surface area contributed by atoms with E-state index in [4.69, 9.17) is 11.6 Å². The summed E-state index contributed by atoms with van der Waals surface area (Å²) in [7, 11) is 0. The molecular formula is C23H25ClN2O2. The second-order valence-corrected chi connectivity index (χ2v) is 8.22. The van der Waals surface area contributed by atoms with Crippen LogP contribution in [0.1, 0.15) is 43.6 Å². The Labute approximate surface area is 170 Å². The molecule has 1 aromatic heterocycles. The van der Waals surface area contributed by atoms with Gasteiger partial charge in [-0.05, 0) is 73.6 Å². The van der Waals surface area contributed by atoms with Crippen LogP contribution in [0.2, 0.25) is 5.02 Å². The van der Waals surface area contributed by atoms with E-state index in [1.165, 1.54) is 10.9 Å². The molecule has 0 bridgehead atoms. The van der Waals surface area contributed by atoms with Gasteiger partial charge >= 0.3 is 0 Å². The number of nitrogens with one attached hydrogen (secondary N) is 1. The Bertz CT molecular complexity index is 931. The minimum absolute atomic E-state index is 0.305. The lowest BCUT2D eigenvalue weighted by Crippen LogP contribution is -2.39. The van der Waals surface area contributed by atoms with Gasteiger partial charge in [0.05, 0.1) is 11.1 Å². The van der Waals surface area contributed by atoms with Gasteiger partial charge in [0.2, 0.25) is 0 Å². The minimum atomic E-state index is -0.849. The van der Waals surface area contributed by atoms with E-state index in [9.17, 15) is 10.2 Å². The number of para-hydroxylation sites is 1. The molecule has 1 aliphatic rings. The molecule has 3 aromatic rings. The van der Waals surface area contributed by atoms with Gasteiger partial charge in [-0.15, -0.1) is 0 Å². The number of anilines is 1. The topological polar surface area (TPSA) is 65.4 Å². The standard InChI is InChI=1S/C23H25ClN2O2/c24-17-5-7-18(8-6-17)26-22(27)15-23(28)12-9-16(10-13-23)19-11-14-25-21-4-2-1-3-20(19)21/h1-8,11,14,16,22,26-28H,9-10,12-13,15H2. The largest absolute Gasteiger partial charge is 0.390 e. The number of hydrogen-bond donors (Lipinski definition) is 3. The lowest BCUT2D eigenvalue weighted by molar-refractivity contribution is -0.0353. The van der Waals surface area contributed by atoms with E-state index < -0.39 is 11.8 Å². The zero-order valence-corrected chi connectivity index (χ0v) is 16.4. The zero-order chi connectivity index (χ0) is 19.6. The van der Waals surface area contributed by atoms with Crippen molar-refractivity contribution in [2.24, 2.45) is 0 Å². The molecule has 4 rings (SSSR count). The Balaban J connectivity index is 1.39. The highest BCUT2D eigenvalue weighted by Crippen LogP contribution is 2.41. The fourth-order valence-corrected chi connectivity index (χ4v) is 4.42. The third-order valence-electron chi connectivity index (χ3n) is 5.79. The number of fused-ring (bicyclic) bond motifs is 1. The number of hydrogen-bond acceptors (Lipinski definition) is 4. The van der Waals surface area contributed by atoms with Crippen LogP contribution in [-0.4, -0.2) is 27.0 Å². The van der Waals surface area contributed by atoms with Gasteiger partial charge in [-0.2, -0.15) is 0 Å². The van der Waals surface area contributed by atoms with Crippen molar-refractivity contribution in [3.63, 3.8) is 0 Å². The predicted octanol–water partition coefficient (Wildman–Crippen LogP) is 5.10. The first kappa shape index (κ1) is 19.2. The summed E-state index contributed by atoms with van der Waals surface area (Å²) in [6.45, 7) is 0. The van der Waals surface area contributed by atoms with Crippen LogP contribution in [-0.2, 0) is 0 Å². The van der Waals surface area contributed by atoms with Crippen molar-refractivity contribution in [3.05, 3.63) is 71.4 Å². The van der Waals surface area contributed by atoms with E-state index in [2.05, 4.69) is 22.4 Å². The monoisotopic (exact) mass is 396 g/mol. The van der Waals surface area contributed by atoms with E-state index >= 15 is 0 Å². The van der Waals surface area contributed by atoms with Crippen molar-refractivity contribution in [3.8, 4) is 0 Å². The number of pyridine rings is 1. The Morgan fingerprint density at radius 3 is 2.54 bits per heavy atom. The lowest BCUT2D eigenvalue weighted by Gasteiger charge is -2.38. The van der Waals surface area contributed by atoms with Gasteiger partial charge in [-0.25, -0.2) is 0 Å². The Kier molecular flexibility index (Phi) is 5.54. The van der Waals surface area contributed by atoms with Gasteiger partial charge in [0.25, 0.3) is 0 Å². The van der Waals surface area contributed by atoms with Crippen LogP contribution in [0.25, 0.3) is 10.9 Å². The van der Waals surface area contributed by atoms with Gasteiger partial charge in [0.1, 0.15) is 6.23 Å². The molecule has 146 valence electrons. The average Bonchev–Trinajstić information content (AvgIpc) is 2.70. The first-order chi connectivity index (χ1) is 13.5. The fourth-order valence-electron chi connectivity index (χ4n) is 4.29. The first-order valence-electron chi connectivity index (χ1n) is 9.79. The van der Waals surface area contributed by atoms with Crippen LogP contribution in [0.5, 0.6) is 0 Å². The van der Waals surface area contributed by atoms with E-state index in [-0.39, 0.29) is 0 Å². The summed E-state index contributed by atoms with van der Waals surface area (Å²) >= 11 is 5.89. The Hall–Kier alpha value is -2.14. The molecule has 1 aliphatic carbocycles. The second kappa shape index (κ2) is 8.08. The number of halogens is 1. The van der Waals surface area contributed by atoms with Crippen LogP contribution in [0, 0.1) is 0 Å². The maximum absolute atomic E-state index is 11.0. The van der Waals surface area contributed by atoms with Crippen molar-refractivity contribution < 1.29 is 10.2 Å². The molecule has 1 heterocycles. The quantitative estimate of drug-likeness (QED) is 0.525. The smallest absolute Gasteiger partial charge is 0.127 e. The van der Waals surface area contributed by atoms with E-state index in [0.29, 0.717) is 30.2 Å². The van der Waals surface area contributed by atoms with E-state index in [1.54, 1.807) is 12.1 Å². The van der Waals surface area contributed by atoms with Gasteiger partial charge < -0.3 is 15.5 Å². The Morgan fingerprint density at radius 1 is 1.07 bits per heavy atom. The highest BCUT2D eigenvalue weighted by Gasteiger charge is 2.35.